The van der Waals surface area contributed by atoms with Gasteiger partial charge in [-0.1, -0.05) is 12.1 Å². The standard InChI is InChI=1S/C16H17BrN2O2/c17-13-3-1-2-12-14(4-6-18-15(12)13)19-7-9-21-16(10-19)5-8-20-11-16/h1-4,6H,5,7-11H2. The molecule has 110 valence electrons. The number of fused-ring (bicyclic) bond motifs is 1. The molecule has 4 rings (SSSR count). The minimum absolute atomic E-state index is 0.125. The minimum atomic E-state index is -0.125. The molecular weight excluding hydrogens is 332 g/mol. The fraction of sp³-hybridized carbons (Fsp3) is 0.438. The zero-order valence-corrected chi connectivity index (χ0v) is 13.3. The average Bonchev–Trinajstić information content (AvgIpc) is 2.95. The number of aromatic nitrogens is 1. The number of halogens is 1. The van der Waals surface area contributed by atoms with E-state index in [9.17, 15) is 0 Å². The second-order valence-electron chi connectivity index (χ2n) is 5.72. The quantitative estimate of drug-likeness (QED) is 0.793. The summed E-state index contributed by atoms with van der Waals surface area (Å²) in [6.45, 7) is 4.06. The van der Waals surface area contributed by atoms with Crippen molar-refractivity contribution in [3.05, 3.63) is 34.9 Å². The van der Waals surface area contributed by atoms with Gasteiger partial charge in [0.1, 0.15) is 5.60 Å². The summed E-state index contributed by atoms with van der Waals surface area (Å²) in [5.41, 5.74) is 2.12. The predicted octanol–water partition coefficient (Wildman–Crippen LogP) is 2.99. The molecule has 1 atom stereocenters. The highest BCUT2D eigenvalue weighted by molar-refractivity contribution is 9.10. The molecule has 2 aliphatic heterocycles. The minimum Gasteiger partial charge on any atom is -0.378 e. The lowest BCUT2D eigenvalue weighted by molar-refractivity contribution is -0.0578. The van der Waals surface area contributed by atoms with Gasteiger partial charge in [0.2, 0.25) is 0 Å². The predicted molar refractivity (Wildman–Crippen MR) is 85.8 cm³/mol. The van der Waals surface area contributed by atoms with Gasteiger partial charge in [-0.3, -0.25) is 4.98 Å². The number of para-hydroxylation sites is 1. The lowest BCUT2D eigenvalue weighted by Crippen LogP contribution is -2.52. The summed E-state index contributed by atoms with van der Waals surface area (Å²) in [4.78, 5) is 6.91. The molecule has 1 spiro atoms. The zero-order valence-electron chi connectivity index (χ0n) is 11.7. The van der Waals surface area contributed by atoms with Crippen LogP contribution >= 0.6 is 15.9 Å². The van der Waals surface area contributed by atoms with E-state index in [1.807, 2.05) is 12.3 Å². The molecule has 1 aromatic heterocycles. The molecule has 2 saturated heterocycles. The molecule has 0 bridgehead atoms. The van der Waals surface area contributed by atoms with Crippen LogP contribution in [0.15, 0.2) is 34.9 Å². The van der Waals surface area contributed by atoms with Gasteiger partial charge in [-0.25, -0.2) is 0 Å². The maximum Gasteiger partial charge on any atom is 0.111 e. The number of nitrogens with zero attached hydrogens (tertiary/aromatic N) is 2. The van der Waals surface area contributed by atoms with Gasteiger partial charge in [0.05, 0.1) is 18.7 Å². The van der Waals surface area contributed by atoms with Crippen molar-refractivity contribution in [2.45, 2.75) is 12.0 Å². The summed E-state index contributed by atoms with van der Waals surface area (Å²) in [6, 6.07) is 8.33. The number of hydrogen-bond donors (Lipinski definition) is 0. The Bertz CT molecular complexity index is 670. The number of pyridine rings is 1. The van der Waals surface area contributed by atoms with Crippen LogP contribution in [0.3, 0.4) is 0 Å². The van der Waals surface area contributed by atoms with Gasteiger partial charge in [-0.2, -0.15) is 0 Å². The first-order chi connectivity index (χ1) is 10.3. The maximum atomic E-state index is 6.02. The molecule has 2 aliphatic rings. The van der Waals surface area contributed by atoms with E-state index >= 15 is 0 Å². The lowest BCUT2D eigenvalue weighted by atomic mass is 10.00. The largest absolute Gasteiger partial charge is 0.378 e. The number of anilines is 1. The Morgan fingerprint density at radius 3 is 3.05 bits per heavy atom. The van der Waals surface area contributed by atoms with E-state index in [0.29, 0.717) is 6.61 Å². The first kappa shape index (κ1) is 13.5. The number of benzene rings is 1. The maximum absolute atomic E-state index is 6.02. The molecule has 21 heavy (non-hydrogen) atoms. The summed E-state index contributed by atoms with van der Waals surface area (Å²) >= 11 is 3.59. The summed E-state index contributed by atoms with van der Waals surface area (Å²) in [5.74, 6) is 0. The van der Waals surface area contributed by atoms with Crippen molar-refractivity contribution in [2.24, 2.45) is 0 Å². The van der Waals surface area contributed by atoms with Gasteiger partial charge < -0.3 is 14.4 Å². The number of hydrogen-bond acceptors (Lipinski definition) is 4. The number of rotatable bonds is 1. The third-order valence-electron chi connectivity index (χ3n) is 4.36. The van der Waals surface area contributed by atoms with Crippen molar-refractivity contribution >= 4 is 32.5 Å². The van der Waals surface area contributed by atoms with E-state index in [2.05, 4.69) is 44.0 Å². The fourth-order valence-corrected chi connectivity index (χ4v) is 3.75. The summed E-state index contributed by atoms with van der Waals surface area (Å²) in [5, 5.41) is 1.18. The molecule has 4 nitrogen and oxygen atoms in total. The van der Waals surface area contributed by atoms with Crippen LogP contribution in [0.4, 0.5) is 5.69 Å². The van der Waals surface area contributed by atoms with E-state index in [0.717, 1.165) is 42.7 Å². The Morgan fingerprint density at radius 2 is 2.19 bits per heavy atom. The van der Waals surface area contributed by atoms with Gasteiger partial charge in [0.15, 0.2) is 0 Å². The lowest BCUT2D eigenvalue weighted by Gasteiger charge is -2.41. The van der Waals surface area contributed by atoms with Gasteiger partial charge in [-0.05, 0) is 28.1 Å². The Kier molecular flexibility index (Phi) is 3.36. The molecule has 1 aromatic carbocycles. The van der Waals surface area contributed by atoms with Crippen molar-refractivity contribution in [3.63, 3.8) is 0 Å². The van der Waals surface area contributed by atoms with E-state index in [1.165, 1.54) is 11.1 Å². The molecule has 2 aromatic rings. The van der Waals surface area contributed by atoms with E-state index in [-0.39, 0.29) is 5.60 Å². The zero-order chi connectivity index (χ0) is 14.3. The Balaban J connectivity index is 1.74. The van der Waals surface area contributed by atoms with Crippen LogP contribution in [-0.2, 0) is 9.47 Å². The molecule has 0 N–H and O–H groups in total. The van der Waals surface area contributed by atoms with Gasteiger partial charge in [0, 0.05) is 47.9 Å². The van der Waals surface area contributed by atoms with Crippen LogP contribution in [-0.4, -0.2) is 43.5 Å². The van der Waals surface area contributed by atoms with E-state index in [4.69, 9.17) is 9.47 Å². The van der Waals surface area contributed by atoms with Crippen molar-refractivity contribution in [3.8, 4) is 0 Å². The molecule has 3 heterocycles. The third kappa shape index (κ3) is 2.33. The van der Waals surface area contributed by atoms with Crippen molar-refractivity contribution in [1.29, 1.82) is 0 Å². The monoisotopic (exact) mass is 348 g/mol. The van der Waals surface area contributed by atoms with E-state index in [1.54, 1.807) is 0 Å². The molecule has 5 heteroatoms. The smallest absolute Gasteiger partial charge is 0.111 e. The number of ether oxygens (including phenoxy) is 2. The Morgan fingerprint density at radius 1 is 1.24 bits per heavy atom. The van der Waals surface area contributed by atoms with Crippen molar-refractivity contribution < 1.29 is 9.47 Å². The topological polar surface area (TPSA) is 34.6 Å². The average molecular weight is 349 g/mol. The van der Waals surface area contributed by atoms with Gasteiger partial charge >= 0.3 is 0 Å². The number of morpholine rings is 1. The van der Waals surface area contributed by atoms with Crippen LogP contribution in [0.2, 0.25) is 0 Å². The summed E-state index contributed by atoms with van der Waals surface area (Å²) in [7, 11) is 0. The molecule has 2 fully saturated rings. The first-order valence-corrected chi connectivity index (χ1v) is 8.07. The molecular formula is C16H17BrN2O2. The molecule has 1 unspecified atom stereocenters. The Hall–Kier alpha value is -1.17. The highest BCUT2D eigenvalue weighted by Gasteiger charge is 2.40. The molecule has 0 radical (unpaired) electrons. The van der Waals surface area contributed by atoms with Crippen LogP contribution in [0, 0.1) is 0 Å². The molecule has 0 saturated carbocycles. The summed E-state index contributed by atoms with van der Waals surface area (Å²) < 4.78 is 12.6. The second kappa shape index (κ2) is 5.23. The van der Waals surface area contributed by atoms with Gasteiger partial charge in [-0.15, -0.1) is 0 Å². The van der Waals surface area contributed by atoms with Crippen molar-refractivity contribution in [1.82, 2.24) is 4.98 Å². The van der Waals surface area contributed by atoms with Crippen LogP contribution in [0.25, 0.3) is 10.9 Å². The summed E-state index contributed by atoms with van der Waals surface area (Å²) in [6.07, 6.45) is 2.87. The van der Waals surface area contributed by atoms with Crippen LogP contribution < -0.4 is 4.90 Å². The molecule has 0 aliphatic carbocycles. The third-order valence-corrected chi connectivity index (χ3v) is 4.99. The first-order valence-electron chi connectivity index (χ1n) is 7.27. The van der Waals surface area contributed by atoms with Crippen LogP contribution in [0.1, 0.15) is 6.42 Å². The SMILES string of the molecule is Brc1cccc2c(N3CCOC4(CCOC4)C3)ccnc12. The van der Waals surface area contributed by atoms with Crippen LogP contribution in [0.5, 0.6) is 0 Å². The second-order valence-corrected chi connectivity index (χ2v) is 6.58. The van der Waals surface area contributed by atoms with E-state index < -0.39 is 0 Å². The van der Waals surface area contributed by atoms with Crippen molar-refractivity contribution in [2.75, 3.05) is 37.8 Å². The highest BCUT2D eigenvalue weighted by atomic mass is 79.9. The highest BCUT2D eigenvalue weighted by Crippen LogP contribution is 2.34. The van der Waals surface area contributed by atoms with Gasteiger partial charge in [0.25, 0.3) is 0 Å². The Labute approximate surface area is 132 Å². The normalized spacial score (nSPS) is 25.9. The molecule has 0 amide bonds. The fourth-order valence-electron chi connectivity index (χ4n) is 3.28.